The molecule has 0 aliphatic rings. The van der Waals surface area contributed by atoms with E-state index in [-0.39, 0.29) is 6.61 Å². The number of fused-ring (bicyclic) bond motifs is 1. The van der Waals surface area contributed by atoms with Gasteiger partial charge in [0.1, 0.15) is 0 Å². The summed E-state index contributed by atoms with van der Waals surface area (Å²) in [5.74, 6) is 0. The van der Waals surface area contributed by atoms with Crippen molar-refractivity contribution in [3.8, 4) is 0 Å². The largest absolute Gasteiger partial charge is 0.391 e. The topological polar surface area (TPSA) is 20.2 Å². The van der Waals surface area contributed by atoms with Crippen molar-refractivity contribution in [2.75, 3.05) is 0 Å². The van der Waals surface area contributed by atoms with Crippen LogP contribution in [0, 0.1) is 7.14 Å². The molecule has 0 unspecified atom stereocenters. The molecule has 1 heterocycles. The highest BCUT2D eigenvalue weighted by Gasteiger charge is 2.06. The molecule has 4 heteroatoms. The second-order valence-electron chi connectivity index (χ2n) is 2.64. The Morgan fingerprint density at radius 2 is 1.92 bits per heavy atom. The first-order valence-corrected chi connectivity index (χ1v) is 6.67. The molecular weight excluding hydrogens is 410 g/mol. The number of thiophene rings is 1. The van der Waals surface area contributed by atoms with E-state index in [4.69, 9.17) is 5.11 Å². The van der Waals surface area contributed by atoms with Crippen molar-refractivity contribution < 1.29 is 5.11 Å². The zero-order chi connectivity index (χ0) is 9.42. The van der Waals surface area contributed by atoms with Gasteiger partial charge in [0.25, 0.3) is 0 Å². The number of hydrogen-bond acceptors (Lipinski definition) is 2. The van der Waals surface area contributed by atoms with E-state index in [0.717, 1.165) is 4.88 Å². The zero-order valence-electron chi connectivity index (χ0n) is 6.55. The van der Waals surface area contributed by atoms with Crippen LogP contribution in [0.3, 0.4) is 0 Å². The lowest BCUT2D eigenvalue weighted by Crippen LogP contribution is -1.74. The molecule has 1 aromatic carbocycles. The Hall–Kier alpha value is 0.600. The molecule has 0 aliphatic heterocycles. The molecular formula is C9H6I2OS. The summed E-state index contributed by atoms with van der Waals surface area (Å²) in [4.78, 5) is 1.04. The first-order chi connectivity index (χ1) is 6.22. The summed E-state index contributed by atoms with van der Waals surface area (Å²) in [5.41, 5.74) is 0. The van der Waals surface area contributed by atoms with Crippen LogP contribution in [0.15, 0.2) is 18.2 Å². The summed E-state index contributed by atoms with van der Waals surface area (Å²) in [5, 5.41) is 10.3. The van der Waals surface area contributed by atoms with Crippen LogP contribution in [-0.4, -0.2) is 5.11 Å². The van der Waals surface area contributed by atoms with E-state index < -0.39 is 0 Å². The lowest BCUT2D eigenvalue weighted by molar-refractivity contribution is 0.285. The molecule has 0 atom stereocenters. The number of rotatable bonds is 1. The van der Waals surface area contributed by atoms with Crippen molar-refractivity contribution in [2.24, 2.45) is 0 Å². The Morgan fingerprint density at radius 3 is 2.54 bits per heavy atom. The molecule has 0 spiro atoms. The Morgan fingerprint density at radius 1 is 1.23 bits per heavy atom. The second kappa shape index (κ2) is 4.00. The number of halogens is 2. The highest BCUT2D eigenvalue weighted by molar-refractivity contribution is 14.1. The molecule has 0 radical (unpaired) electrons. The predicted octanol–water partition coefficient (Wildman–Crippen LogP) is 3.60. The van der Waals surface area contributed by atoms with Gasteiger partial charge in [-0.05, 0) is 63.4 Å². The standard InChI is InChI=1S/C9H6I2OS/c10-7-1-2-8(11)9-6(7)3-5(4-12)13-9/h1-3,12H,4H2. The summed E-state index contributed by atoms with van der Waals surface area (Å²) in [7, 11) is 0. The first kappa shape index (κ1) is 10.1. The highest BCUT2D eigenvalue weighted by atomic mass is 127. The van der Waals surface area contributed by atoms with Crippen LogP contribution in [0.5, 0.6) is 0 Å². The van der Waals surface area contributed by atoms with E-state index in [1.165, 1.54) is 17.2 Å². The second-order valence-corrected chi connectivity index (χ2v) is 6.10. The van der Waals surface area contributed by atoms with E-state index >= 15 is 0 Å². The third-order valence-electron chi connectivity index (χ3n) is 1.79. The normalized spacial score (nSPS) is 11.0. The van der Waals surface area contributed by atoms with Crippen LogP contribution < -0.4 is 0 Å². The molecule has 0 bridgehead atoms. The van der Waals surface area contributed by atoms with Gasteiger partial charge in [-0.3, -0.25) is 0 Å². The van der Waals surface area contributed by atoms with E-state index in [2.05, 4.69) is 63.4 Å². The Bertz CT molecular complexity index is 411. The minimum Gasteiger partial charge on any atom is -0.391 e. The van der Waals surface area contributed by atoms with Crippen molar-refractivity contribution in [3.05, 3.63) is 30.2 Å². The molecule has 0 fully saturated rings. The van der Waals surface area contributed by atoms with E-state index in [0.29, 0.717) is 0 Å². The molecule has 0 saturated carbocycles. The van der Waals surface area contributed by atoms with Gasteiger partial charge in [0.2, 0.25) is 0 Å². The van der Waals surface area contributed by atoms with Crippen molar-refractivity contribution in [1.29, 1.82) is 0 Å². The number of benzene rings is 1. The molecule has 13 heavy (non-hydrogen) atoms. The van der Waals surface area contributed by atoms with Crippen LogP contribution in [0.25, 0.3) is 10.1 Å². The van der Waals surface area contributed by atoms with Gasteiger partial charge in [-0.25, -0.2) is 0 Å². The summed E-state index contributed by atoms with van der Waals surface area (Å²) in [6, 6.07) is 6.30. The Kier molecular flexibility index (Phi) is 3.11. The molecule has 1 N–H and O–H groups in total. The van der Waals surface area contributed by atoms with Crippen LogP contribution in [0.4, 0.5) is 0 Å². The lowest BCUT2D eigenvalue weighted by Gasteiger charge is -1.95. The fraction of sp³-hybridized carbons (Fsp3) is 0.111. The average Bonchev–Trinajstić information content (AvgIpc) is 2.56. The monoisotopic (exact) mass is 416 g/mol. The van der Waals surface area contributed by atoms with Gasteiger partial charge in [0.15, 0.2) is 0 Å². The van der Waals surface area contributed by atoms with Gasteiger partial charge in [-0.1, -0.05) is 0 Å². The summed E-state index contributed by atoms with van der Waals surface area (Å²) in [6.45, 7) is 0.144. The van der Waals surface area contributed by atoms with Crippen LogP contribution in [-0.2, 0) is 6.61 Å². The van der Waals surface area contributed by atoms with Gasteiger partial charge in [-0.2, -0.15) is 0 Å². The molecule has 68 valence electrons. The third-order valence-corrected chi connectivity index (χ3v) is 5.15. The molecule has 0 saturated heterocycles. The van der Waals surface area contributed by atoms with Gasteiger partial charge in [0.05, 0.1) is 6.61 Å². The molecule has 2 aromatic rings. The minimum absolute atomic E-state index is 0.144. The summed E-state index contributed by atoms with van der Waals surface area (Å²) in [6.07, 6.45) is 0. The van der Waals surface area contributed by atoms with Gasteiger partial charge >= 0.3 is 0 Å². The van der Waals surface area contributed by atoms with Crippen LogP contribution >= 0.6 is 56.5 Å². The summed E-state index contributed by atoms with van der Waals surface area (Å²) < 4.78 is 3.80. The first-order valence-electron chi connectivity index (χ1n) is 3.69. The van der Waals surface area contributed by atoms with Crippen LogP contribution in [0.1, 0.15) is 4.88 Å². The van der Waals surface area contributed by atoms with Crippen molar-refractivity contribution >= 4 is 66.6 Å². The number of hydrogen-bond donors (Lipinski definition) is 1. The molecule has 0 amide bonds. The number of aliphatic hydroxyl groups is 1. The van der Waals surface area contributed by atoms with Gasteiger partial charge in [0, 0.05) is 22.1 Å². The molecule has 0 aliphatic carbocycles. The van der Waals surface area contributed by atoms with Crippen molar-refractivity contribution in [1.82, 2.24) is 0 Å². The quantitative estimate of drug-likeness (QED) is 0.705. The average molecular weight is 416 g/mol. The maximum atomic E-state index is 9.03. The smallest absolute Gasteiger partial charge is 0.0774 e. The minimum atomic E-state index is 0.144. The van der Waals surface area contributed by atoms with E-state index in [1.54, 1.807) is 11.3 Å². The van der Waals surface area contributed by atoms with Gasteiger partial charge in [-0.15, -0.1) is 11.3 Å². The fourth-order valence-electron chi connectivity index (χ4n) is 1.19. The summed E-state index contributed by atoms with van der Waals surface area (Å²) >= 11 is 6.33. The third kappa shape index (κ3) is 1.86. The molecule has 2 rings (SSSR count). The van der Waals surface area contributed by atoms with Crippen molar-refractivity contribution in [3.63, 3.8) is 0 Å². The number of aliphatic hydroxyl groups excluding tert-OH is 1. The van der Waals surface area contributed by atoms with Crippen LogP contribution in [0.2, 0.25) is 0 Å². The highest BCUT2D eigenvalue weighted by Crippen LogP contribution is 2.32. The van der Waals surface area contributed by atoms with E-state index in [9.17, 15) is 0 Å². The van der Waals surface area contributed by atoms with Gasteiger partial charge < -0.3 is 5.11 Å². The molecule has 1 nitrogen and oxygen atoms in total. The lowest BCUT2D eigenvalue weighted by atomic mass is 10.2. The maximum Gasteiger partial charge on any atom is 0.0774 e. The van der Waals surface area contributed by atoms with Crippen molar-refractivity contribution in [2.45, 2.75) is 6.61 Å². The SMILES string of the molecule is OCc1cc2c(I)ccc(I)c2s1. The fourth-order valence-corrected chi connectivity index (χ4v) is 3.72. The Labute approximate surface area is 107 Å². The zero-order valence-corrected chi connectivity index (χ0v) is 11.7. The maximum absolute atomic E-state index is 9.03. The van der Waals surface area contributed by atoms with E-state index in [1.807, 2.05) is 0 Å². The molecule has 1 aromatic heterocycles. The predicted molar refractivity (Wildman–Crippen MR) is 73.2 cm³/mol. The Balaban J connectivity index is 2.80.